The molecule has 5 rings (SSSR count). The summed E-state index contributed by atoms with van der Waals surface area (Å²) in [5.74, 6) is 0.881. The lowest BCUT2D eigenvalue weighted by atomic mass is 10.0. The quantitative estimate of drug-likeness (QED) is 0.560. The molecular weight excluding hydrogens is 436 g/mol. The highest BCUT2D eigenvalue weighted by Gasteiger charge is 2.26. The molecule has 0 radical (unpaired) electrons. The van der Waals surface area contributed by atoms with Gasteiger partial charge in [0.1, 0.15) is 5.82 Å². The molecule has 7 nitrogen and oxygen atoms in total. The minimum Gasteiger partial charge on any atom is -0.369 e. The van der Waals surface area contributed by atoms with Crippen molar-refractivity contribution in [2.45, 2.75) is 58.7 Å². The summed E-state index contributed by atoms with van der Waals surface area (Å²) in [6, 6.07) is 14.4. The van der Waals surface area contributed by atoms with Crippen molar-refractivity contribution in [1.82, 2.24) is 19.8 Å². The van der Waals surface area contributed by atoms with Gasteiger partial charge in [0.25, 0.3) is 5.91 Å². The van der Waals surface area contributed by atoms with Gasteiger partial charge in [-0.25, -0.2) is 4.98 Å². The highest BCUT2D eigenvalue weighted by atomic mass is 16.1. The zero-order valence-electron chi connectivity index (χ0n) is 21.5. The van der Waals surface area contributed by atoms with E-state index < -0.39 is 0 Å². The molecule has 2 N–H and O–H groups in total. The molecule has 2 aromatic carbocycles. The first-order chi connectivity index (χ1) is 16.8. The van der Waals surface area contributed by atoms with Crippen molar-refractivity contribution in [3.63, 3.8) is 0 Å². The van der Waals surface area contributed by atoms with Crippen LogP contribution in [-0.4, -0.2) is 70.0 Å². The predicted octanol–water partition coefficient (Wildman–Crippen LogP) is 4.72. The summed E-state index contributed by atoms with van der Waals surface area (Å²) >= 11 is 0. The van der Waals surface area contributed by atoms with E-state index >= 15 is 0 Å². The van der Waals surface area contributed by atoms with E-state index in [1.807, 2.05) is 30.3 Å². The van der Waals surface area contributed by atoms with E-state index in [9.17, 15) is 4.79 Å². The number of rotatable bonds is 5. The van der Waals surface area contributed by atoms with E-state index in [1.165, 1.54) is 18.5 Å². The van der Waals surface area contributed by atoms with Gasteiger partial charge in [0.2, 0.25) is 0 Å². The fourth-order valence-electron chi connectivity index (χ4n) is 5.29. The number of fused-ring (bicyclic) bond motifs is 1. The second-order valence-corrected chi connectivity index (χ2v) is 11.0. The zero-order chi connectivity index (χ0) is 24.6. The van der Waals surface area contributed by atoms with Gasteiger partial charge in [-0.1, -0.05) is 0 Å². The topological polar surface area (TPSA) is 67.5 Å². The van der Waals surface area contributed by atoms with Crippen molar-refractivity contribution >= 4 is 28.3 Å². The van der Waals surface area contributed by atoms with Crippen molar-refractivity contribution in [2.24, 2.45) is 0 Å². The van der Waals surface area contributed by atoms with Crippen molar-refractivity contribution in [1.29, 1.82) is 0 Å². The molecule has 186 valence electrons. The fraction of sp³-hybridized carbons (Fsp3) is 0.500. The number of aromatic amines is 1. The number of hydrogen-bond acceptors (Lipinski definition) is 5. The Morgan fingerprint density at radius 3 is 2.46 bits per heavy atom. The van der Waals surface area contributed by atoms with Gasteiger partial charge in [0.15, 0.2) is 0 Å². The molecule has 2 fully saturated rings. The Morgan fingerprint density at radius 1 is 1.06 bits per heavy atom. The first-order valence-electron chi connectivity index (χ1n) is 12.9. The Balaban J connectivity index is 1.20. The fourth-order valence-corrected chi connectivity index (χ4v) is 5.29. The number of nitrogens with zero attached hydrogens (tertiary/aromatic N) is 4. The molecule has 3 aromatic rings. The normalized spacial score (nSPS) is 20.0. The van der Waals surface area contributed by atoms with Crippen molar-refractivity contribution in [3.05, 3.63) is 53.9 Å². The highest BCUT2D eigenvalue weighted by Crippen LogP contribution is 2.24. The number of imidazole rings is 1. The van der Waals surface area contributed by atoms with Crippen LogP contribution >= 0.6 is 0 Å². The lowest BCUT2D eigenvalue weighted by Crippen LogP contribution is -2.53. The number of piperazine rings is 1. The molecule has 2 aliphatic rings. The van der Waals surface area contributed by atoms with Crippen LogP contribution in [0.25, 0.3) is 11.0 Å². The number of amides is 1. The molecule has 0 unspecified atom stereocenters. The van der Waals surface area contributed by atoms with Crippen LogP contribution in [0.3, 0.4) is 0 Å². The number of H-pyrrole nitrogens is 1. The van der Waals surface area contributed by atoms with E-state index in [1.54, 1.807) is 0 Å². The van der Waals surface area contributed by atoms with Gasteiger partial charge in [-0.05, 0) is 89.5 Å². The second-order valence-electron chi connectivity index (χ2n) is 11.0. The van der Waals surface area contributed by atoms with Crippen molar-refractivity contribution in [2.75, 3.05) is 42.9 Å². The SMILES string of the molecule is C[C@H]1CCCN1Cc1nc2cc(NC(=O)c3ccc(N4CCN(C(C)(C)C)CC4)cc3)ccc2[nH]1. The number of carbonyl (C=O) groups is 1. The van der Waals surface area contributed by atoms with Crippen LogP contribution in [0.15, 0.2) is 42.5 Å². The molecule has 2 saturated heterocycles. The number of benzene rings is 2. The predicted molar refractivity (Wildman–Crippen MR) is 143 cm³/mol. The molecule has 0 aliphatic carbocycles. The maximum absolute atomic E-state index is 12.9. The van der Waals surface area contributed by atoms with Gasteiger partial charge in [0, 0.05) is 54.7 Å². The summed E-state index contributed by atoms with van der Waals surface area (Å²) in [5, 5.41) is 3.04. The molecule has 0 bridgehead atoms. The van der Waals surface area contributed by atoms with Crippen LogP contribution in [0.2, 0.25) is 0 Å². The number of likely N-dealkylation sites (tertiary alicyclic amines) is 1. The molecule has 1 aromatic heterocycles. The molecule has 7 heteroatoms. The van der Waals surface area contributed by atoms with Gasteiger partial charge >= 0.3 is 0 Å². The number of carbonyl (C=O) groups excluding carboxylic acids is 1. The Hall–Kier alpha value is -2.90. The van der Waals surface area contributed by atoms with Crippen LogP contribution in [0, 0.1) is 0 Å². The molecule has 3 heterocycles. The Bertz CT molecular complexity index is 1170. The number of hydrogen-bond donors (Lipinski definition) is 2. The lowest BCUT2D eigenvalue weighted by molar-refractivity contribution is 0.102. The maximum atomic E-state index is 12.9. The molecule has 0 saturated carbocycles. The molecule has 1 atom stereocenters. The second kappa shape index (κ2) is 9.63. The van der Waals surface area contributed by atoms with Crippen molar-refractivity contribution in [3.8, 4) is 0 Å². The average molecular weight is 475 g/mol. The van der Waals surface area contributed by atoms with Crippen molar-refractivity contribution < 1.29 is 4.79 Å². The molecule has 35 heavy (non-hydrogen) atoms. The Kier molecular flexibility index (Phi) is 6.55. The standard InChI is InChI=1S/C28H38N6O/c1-20-6-5-13-33(20)19-26-30-24-12-9-22(18-25(24)31-26)29-27(35)21-7-10-23(11-8-21)32-14-16-34(17-15-32)28(2,3)4/h7-12,18,20H,5-6,13-17,19H2,1-4H3,(H,29,35)(H,30,31)/t20-/m0/s1. The van der Waals surface area contributed by atoms with Gasteiger partial charge in [-0.15, -0.1) is 0 Å². The largest absolute Gasteiger partial charge is 0.369 e. The number of aromatic nitrogens is 2. The zero-order valence-corrected chi connectivity index (χ0v) is 21.5. The van der Waals surface area contributed by atoms with Gasteiger partial charge in [-0.2, -0.15) is 0 Å². The summed E-state index contributed by atoms with van der Waals surface area (Å²) in [5.41, 5.74) is 4.69. The average Bonchev–Trinajstić information content (AvgIpc) is 3.43. The van der Waals surface area contributed by atoms with Crippen LogP contribution < -0.4 is 10.2 Å². The minimum absolute atomic E-state index is 0.102. The summed E-state index contributed by atoms with van der Waals surface area (Å²) in [4.78, 5) is 28.5. The van der Waals surface area contributed by atoms with Crippen LogP contribution in [0.1, 0.15) is 56.7 Å². The number of anilines is 2. The smallest absolute Gasteiger partial charge is 0.255 e. The van der Waals surface area contributed by atoms with Gasteiger partial charge in [0.05, 0.1) is 17.6 Å². The minimum atomic E-state index is -0.102. The van der Waals surface area contributed by atoms with E-state index in [2.05, 4.69) is 64.8 Å². The summed E-state index contributed by atoms with van der Waals surface area (Å²) in [7, 11) is 0. The lowest BCUT2D eigenvalue weighted by Gasteiger charge is -2.43. The van der Waals surface area contributed by atoms with E-state index in [0.29, 0.717) is 11.6 Å². The molecule has 1 amide bonds. The molecular formula is C28H38N6O. The first-order valence-corrected chi connectivity index (χ1v) is 12.9. The van der Waals surface area contributed by atoms with Crippen LogP contribution in [-0.2, 0) is 6.54 Å². The highest BCUT2D eigenvalue weighted by molar-refractivity contribution is 6.05. The Morgan fingerprint density at radius 2 is 1.80 bits per heavy atom. The molecule has 2 aliphatic heterocycles. The summed E-state index contributed by atoms with van der Waals surface area (Å²) < 4.78 is 0. The summed E-state index contributed by atoms with van der Waals surface area (Å²) in [6.07, 6.45) is 2.51. The third kappa shape index (κ3) is 5.36. The first kappa shape index (κ1) is 23.8. The van der Waals surface area contributed by atoms with E-state index in [4.69, 9.17) is 4.98 Å². The van der Waals surface area contributed by atoms with E-state index in [0.717, 1.165) is 61.8 Å². The maximum Gasteiger partial charge on any atom is 0.255 e. The third-order valence-corrected chi connectivity index (χ3v) is 7.56. The third-order valence-electron chi connectivity index (χ3n) is 7.56. The number of nitrogens with one attached hydrogen (secondary N) is 2. The van der Waals surface area contributed by atoms with E-state index in [-0.39, 0.29) is 11.4 Å². The van der Waals surface area contributed by atoms with Gasteiger partial charge in [-0.3, -0.25) is 14.6 Å². The van der Waals surface area contributed by atoms with Crippen LogP contribution in [0.5, 0.6) is 0 Å². The van der Waals surface area contributed by atoms with Gasteiger partial charge < -0.3 is 15.2 Å². The monoisotopic (exact) mass is 474 g/mol. The van der Waals surface area contributed by atoms with Crippen LogP contribution in [0.4, 0.5) is 11.4 Å². The molecule has 0 spiro atoms. The Labute approximate surface area is 208 Å². The summed E-state index contributed by atoms with van der Waals surface area (Å²) in [6.45, 7) is 15.2.